The zero-order chi connectivity index (χ0) is 33.7. The van der Waals surface area contributed by atoms with Crippen molar-refractivity contribution in [3.63, 3.8) is 0 Å². The van der Waals surface area contributed by atoms with Gasteiger partial charge in [-0.2, -0.15) is 0 Å². The highest BCUT2D eigenvalue weighted by molar-refractivity contribution is 5.88. The first-order valence-corrected chi connectivity index (χ1v) is 16.9. The van der Waals surface area contributed by atoms with Crippen LogP contribution in [0.25, 0.3) is 84.1 Å². The van der Waals surface area contributed by atoms with E-state index in [1.54, 1.807) is 0 Å². The number of hydrogen-bond acceptors (Lipinski definition) is 4. The van der Waals surface area contributed by atoms with Crippen LogP contribution < -0.4 is 0 Å². The number of fused-ring (bicyclic) bond motifs is 3. The van der Waals surface area contributed by atoms with E-state index in [0.717, 1.165) is 84.1 Å². The fraction of sp³-hybridized carbons (Fsp3) is 0. The van der Waals surface area contributed by atoms with Crippen LogP contribution in [-0.2, 0) is 0 Å². The predicted molar refractivity (Wildman–Crippen MR) is 204 cm³/mol. The van der Waals surface area contributed by atoms with Crippen molar-refractivity contribution < 1.29 is 0 Å². The molecule has 10 rings (SSSR count). The van der Waals surface area contributed by atoms with Crippen molar-refractivity contribution in [2.24, 2.45) is 0 Å². The Morgan fingerprint density at radius 1 is 0.412 bits per heavy atom. The number of aromatic nitrogens is 7. The molecule has 0 aliphatic heterocycles. The molecule has 10 aromatic rings. The molecule has 0 spiro atoms. The Morgan fingerprint density at radius 2 is 0.941 bits per heavy atom. The molecular weight excluding hydrogens is 627 g/mol. The van der Waals surface area contributed by atoms with Crippen molar-refractivity contribution in [3.8, 4) is 51.0 Å². The standard InChI is InChI=1S/C44H29N7/c1-2-12-30(13-3-1)43-47-37-16-6-10-20-41(37)50(43)33-26-32(35-14-4-8-18-39(35)49-29-46-36-15-5-9-19-40(36)49)27-34(28-33)51-42-21-11-7-17-38(42)48-44(51)31-22-24-45-25-23-31/h1-29H. The molecule has 0 radical (unpaired) electrons. The van der Waals surface area contributed by atoms with E-state index in [1.807, 2.05) is 61.2 Å². The quantitative estimate of drug-likeness (QED) is 0.179. The van der Waals surface area contributed by atoms with E-state index in [2.05, 4.69) is 134 Å². The Labute approximate surface area is 293 Å². The second-order valence-corrected chi connectivity index (χ2v) is 12.5. The molecule has 4 aromatic heterocycles. The Morgan fingerprint density at radius 3 is 1.61 bits per heavy atom. The smallest absolute Gasteiger partial charge is 0.145 e. The average molecular weight is 656 g/mol. The van der Waals surface area contributed by atoms with Gasteiger partial charge in [0.05, 0.1) is 50.2 Å². The van der Waals surface area contributed by atoms with Gasteiger partial charge in [0, 0.05) is 29.1 Å². The topological polar surface area (TPSA) is 66.3 Å². The molecule has 0 N–H and O–H groups in total. The molecule has 4 heterocycles. The number of imidazole rings is 3. The first kappa shape index (κ1) is 28.9. The molecule has 0 atom stereocenters. The van der Waals surface area contributed by atoms with E-state index < -0.39 is 0 Å². The summed E-state index contributed by atoms with van der Waals surface area (Å²) in [5.74, 6) is 1.72. The van der Waals surface area contributed by atoms with E-state index in [-0.39, 0.29) is 0 Å². The third kappa shape index (κ3) is 4.82. The number of rotatable bonds is 6. The first-order valence-electron chi connectivity index (χ1n) is 16.9. The Hall–Kier alpha value is -7.12. The van der Waals surface area contributed by atoms with Crippen molar-refractivity contribution >= 4 is 33.1 Å². The fourth-order valence-electron chi connectivity index (χ4n) is 7.14. The van der Waals surface area contributed by atoms with Gasteiger partial charge in [0.25, 0.3) is 0 Å². The molecule has 240 valence electrons. The van der Waals surface area contributed by atoms with Gasteiger partial charge < -0.3 is 0 Å². The number of nitrogens with zero attached hydrogens (tertiary/aromatic N) is 7. The van der Waals surface area contributed by atoms with Crippen LogP contribution >= 0.6 is 0 Å². The highest BCUT2D eigenvalue weighted by Gasteiger charge is 2.20. The first-order chi connectivity index (χ1) is 25.3. The molecule has 0 amide bonds. The number of para-hydroxylation sites is 7. The van der Waals surface area contributed by atoms with Crippen LogP contribution in [0.3, 0.4) is 0 Å². The van der Waals surface area contributed by atoms with Crippen LogP contribution in [0.5, 0.6) is 0 Å². The van der Waals surface area contributed by atoms with Gasteiger partial charge >= 0.3 is 0 Å². The van der Waals surface area contributed by atoms with Gasteiger partial charge in [-0.05, 0) is 78.4 Å². The average Bonchev–Trinajstić information content (AvgIpc) is 3.92. The summed E-state index contributed by atoms with van der Waals surface area (Å²) in [4.78, 5) is 19.4. The van der Waals surface area contributed by atoms with Crippen molar-refractivity contribution in [1.29, 1.82) is 0 Å². The second kappa shape index (κ2) is 11.8. The zero-order valence-electron chi connectivity index (χ0n) is 27.4. The normalized spacial score (nSPS) is 11.5. The molecular formula is C44H29N7. The van der Waals surface area contributed by atoms with Gasteiger partial charge in [-0.15, -0.1) is 0 Å². The summed E-state index contributed by atoms with van der Waals surface area (Å²) in [6.07, 6.45) is 5.54. The minimum absolute atomic E-state index is 0.842. The molecule has 0 unspecified atom stereocenters. The van der Waals surface area contributed by atoms with Gasteiger partial charge in [-0.3, -0.25) is 18.7 Å². The molecule has 6 aromatic carbocycles. The van der Waals surface area contributed by atoms with Crippen LogP contribution in [0.15, 0.2) is 176 Å². The lowest BCUT2D eigenvalue weighted by Gasteiger charge is -2.18. The Kier molecular flexibility index (Phi) is 6.67. The third-order valence-corrected chi connectivity index (χ3v) is 9.44. The highest BCUT2D eigenvalue weighted by Crippen LogP contribution is 2.37. The number of benzene rings is 6. The molecule has 0 bridgehead atoms. The zero-order valence-corrected chi connectivity index (χ0v) is 27.4. The summed E-state index contributed by atoms with van der Waals surface area (Å²) in [6.45, 7) is 0. The summed E-state index contributed by atoms with van der Waals surface area (Å²) in [5, 5.41) is 0. The van der Waals surface area contributed by atoms with Crippen molar-refractivity contribution in [1.82, 2.24) is 33.6 Å². The molecule has 0 saturated carbocycles. The summed E-state index contributed by atoms with van der Waals surface area (Å²) < 4.78 is 6.71. The van der Waals surface area contributed by atoms with Gasteiger partial charge in [0.2, 0.25) is 0 Å². The van der Waals surface area contributed by atoms with E-state index in [9.17, 15) is 0 Å². The maximum Gasteiger partial charge on any atom is 0.145 e. The van der Waals surface area contributed by atoms with E-state index >= 15 is 0 Å². The van der Waals surface area contributed by atoms with Crippen LogP contribution in [0.4, 0.5) is 0 Å². The van der Waals surface area contributed by atoms with Crippen LogP contribution in [0, 0.1) is 0 Å². The lowest BCUT2D eigenvalue weighted by atomic mass is 10.0. The highest BCUT2D eigenvalue weighted by atomic mass is 15.1. The number of hydrogen-bond donors (Lipinski definition) is 0. The van der Waals surface area contributed by atoms with Crippen LogP contribution in [0.2, 0.25) is 0 Å². The largest absolute Gasteiger partial charge is 0.298 e. The molecule has 0 aliphatic carbocycles. The van der Waals surface area contributed by atoms with Crippen LogP contribution in [0.1, 0.15) is 0 Å². The summed E-state index contributed by atoms with van der Waals surface area (Å²) in [6, 6.07) is 54.6. The fourth-order valence-corrected chi connectivity index (χ4v) is 7.14. The number of pyridine rings is 1. The van der Waals surface area contributed by atoms with Gasteiger partial charge in [-0.1, -0.05) is 84.9 Å². The molecule has 0 fully saturated rings. The van der Waals surface area contributed by atoms with E-state index in [4.69, 9.17) is 15.0 Å². The van der Waals surface area contributed by atoms with E-state index in [1.165, 1.54) is 0 Å². The minimum atomic E-state index is 0.842. The SMILES string of the molecule is c1ccc(-c2nc3ccccc3n2-c2cc(-c3ccccc3-n3cnc4ccccc43)cc(-n3c(-c4ccncc4)nc4ccccc43)c2)cc1. The maximum absolute atomic E-state index is 5.19. The minimum Gasteiger partial charge on any atom is -0.298 e. The third-order valence-electron chi connectivity index (χ3n) is 9.44. The summed E-state index contributed by atoms with van der Waals surface area (Å²) in [7, 11) is 0. The molecule has 0 saturated heterocycles. The molecule has 7 heteroatoms. The van der Waals surface area contributed by atoms with Gasteiger partial charge in [0.15, 0.2) is 0 Å². The molecule has 51 heavy (non-hydrogen) atoms. The molecule has 7 nitrogen and oxygen atoms in total. The lowest BCUT2D eigenvalue weighted by Crippen LogP contribution is -2.04. The van der Waals surface area contributed by atoms with Gasteiger partial charge in [0.1, 0.15) is 18.0 Å². The van der Waals surface area contributed by atoms with Crippen molar-refractivity contribution in [3.05, 3.63) is 176 Å². The second-order valence-electron chi connectivity index (χ2n) is 12.5. The predicted octanol–water partition coefficient (Wildman–Crippen LogP) is 10.1. The molecule has 0 aliphatic rings. The Balaban J connectivity index is 1.30. The van der Waals surface area contributed by atoms with Crippen molar-refractivity contribution in [2.75, 3.05) is 0 Å². The van der Waals surface area contributed by atoms with E-state index in [0.29, 0.717) is 0 Å². The monoisotopic (exact) mass is 655 g/mol. The Bertz CT molecular complexity index is 2730. The lowest BCUT2D eigenvalue weighted by molar-refractivity contribution is 1.06. The maximum atomic E-state index is 5.19. The van der Waals surface area contributed by atoms with Crippen LogP contribution in [-0.4, -0.2) is 33.6 Å². The van der Waals surface area contributed by atoms with Gasteiger partial charge in [-0.25, -0.2) is 15.0 Å². The summed E-state index contributed by atoms with van der Waals surface area (Å²) >= 11 is 0. The summed E-state index contributed by atoms with van der Waals surface area (Å²) in [5.41, 5.74) is 13.0. The van der Waals surface area contributed by atoms with Crippen molar-refractivity contribution in [2.45, 2.75) is 0 Å².